The number of amides is 2. The molecule has 2 aromatic carbocycles. The zero-order valence-corrected chi connectivity index (χ0v) is 24.6. The van der Waals surface area contributed by atoms with E-state index in [9.17, 15) is 18.0 Å². The Bertz CT molecular complexity index is 1170. The second-order valence-corrected chi connectivity index (χ2v) is 12.0. The summed E-state index contributed by atoms with van der Waals surface area (Å²) in [6.07, 6.45) is 2.48. The molecule has 2 amide bonds. The van der Waals surface area contributed by atoms with E-state index in [0.717, 1.165) is 12.7 Å². The van der Waals surface area contributed by atoms with Crippen molar-refractivity contribution >= 4 is 62.3 Å². The first kappa shape index (κ1) is 31.2. The summed E-state index contributed by atoms with van der Waals surface area (Å²) in [6.45, 7) is 5.82. The van der Waals surface area contributed by atoms with E-state index in [4.69, 9.17) is 34.8 Å². The van der Waals surface area contributed by atoms with E-state index in [-0.39, 0.29) is 43.8 Å². The SMILES string of the molecule is CC[C@H](C)NC(=O)[C@H](CC)N(Cc1c(Cl)cccc1Cl)C(=O)CCCN(c1cccc(Cl)c1)S(C)(=O)=O. The van der Waals surface area contributed by atoms with E-state index in [2.05, 4.69) is 5.32 Å². The van der Waals surface area contributed by atoms with Gasteiger partial charge in [0, 0.05) is 46.2 Å². The van der Waals surface area contributed by atoms with Crippen molar-refractivity contribution in [1.82, 2.24) is 10.2 Å². The summed E-state index contributed by atoms with van der Waals surface area (Å²) < 4.78 is 26.1. The highest BCUT2D eigenvalue weighted by Crippen LogP contribution is 2.28. The molecular weight excluding hydrogens is 557 g/mol. The number of anilines is 1. The van der Waals surface area contributed by atoms with Gasteiger partial charge in [-0.1, -0.05) is 60.8 Å². The Hall–Kier alpha value is -2.00. The lowest BCUT2D eigenvalue weighted by atomic mass is 10.1. The minimum atomic E-state index is -3.61. The van der Waals surface area contributed by atoms with Gasteiger partial charge < -0.3 is 10.2 Å². The van der Waals surface area contributed by atoms with Crippen molar-refractivity contribution in [2.24, 2.45) is 0 Å². The van der Waals surface area contributed by atoms with E-state index >= 15 is 0 Å². The number of hydrogen-bond donors (Lipinski definition) is 1. The number of sulfonamides is 1. The maximum absolute atomic E-state index is 13.5. The monoisotopic (exact) mass is 589 g/mol. The van der Waals surface area contributed by atoms with Crippen LogP contribution < -0.4 is 9.62 Å². The summed E-state index contributed by atoms with van der Waals surface area (Å²) in [7, 11) is -3.61. The summed E-state index contributed by atoms with van der Waals surface area (Å²) in [5.41, 5.74) is 0.965. The van der Waals surface area contributed by atoms with Gasteiger partial charge in [0.1, 0.15) is 6.04 Å². The summed E-state index contributed by atoms with van der Waals surface area (Å²) in [4.78, 5) is 28.1. The Balaban J connectivity index is 2.28. The van der Waals surface area contributed by atoms with Crippen molar-refractivity contribution in [2.45, 2.75) is 65.1 Å². The molecule has 37 heavy (non-hydrogen) atoms. The Labute approximate surface area is 235 Å². The molecule has 0 spiro atoms. The molecule has 0 saturated carbocycles. The van der Waals surface area contributed by atoms with Crippen LogP contribution >= 0.6 is 34.8 Å². The highest BCUT2D eigenvalue weighted by molar-refractivity contribution is 7.92. The fraction of sp³-hybridized carbons (Fsp3) is 0.462. The quantitative estimate of drug-likeness (QED) is 0.314. The maximum Gasteiger partial charge on any atom is 0.243 e. The molecule has 2 atom stereocenters. The highest BCUT2D eigenvalue weighted by atomic mass is 35.5. The molecule has 0 aliphatic carbocycles. The average molecular weight is 591 g/mol. The van der Waals surface area contributed by atoms with Crippen LogP contribution in [0, 0.1) is 0 Å². The Morgan fingerprint density at radius 2 is 1.62 bits per heavy atom. The van der Waals surface area contributed by atoms with Gasteiger partial charge in [0.05, 0.1) is 11.9 Å². The van der Waals surface area contributed by atoms with Gasteiger partial charge in [-0.25, -0.2) is 8.42 Å². The predicted octanol–water partition coefficient (Wildman–Crippen LogP) is 5.92. The third-order valence-corrected chi connectivity index (χ3v) is 8.16. The van der Waals surface area contributed by atoms with Crippen LogP contribution in [0.25, 0.3) is 0 Å². The Morgan fingerprint density at radius 1 is 1.00 bits per heavy atom. The minimum Gasteiger partial charge on any atom is -0.352 e. The molecule has 0 unspecified atom stereocenters. The Kier molecular flexibility index (Phi) is 12.0. The largest absolute Gasteiger partial charge is 0.352 e. The van der Waals surface area contributed by atoms with Crippen LogP contribution in [0.5, 0.6) is 0 Å². The second-order valence-electron chi connectivity index (χ2n) is 8.88. The number of carbonyl (C=O) groups excluding carboxylic acids is 2. The van der Waals surface area contributed by atoms with Crippen molar-refractivity contribution in [2.75, 3.05) is 17.1 Å². The molecular formula is C26H34Cl3N3O4S. The molecule has 0 aliphatic heterocycles. The van der Waals surface area contributed by atoms with Gasteiger partial charge in [0.15, 0.2) is 0 Å². The van der Waals surface area contributed by atoms with Crippen LogP contribution in [-0.2, 0) is 26.2 Å². The number of nitrogens with one attached hydrogen (secondary N) is 1. The van der Waals surface area contributed by atoms with Gasteiger partial charge in [-0.15, -0.1) is 0 Å². The number of carbonyl (C=O) groups is 2. The fourth-order valence-electron chi connectivity index (χ4n) is 3.85. The zero-order chi connectivity index (χ0) is 27.8. The number of nitrogens with zero attached hydrogens (tertiary/aromatic N) is 2. The van der Waals surface area contributed by atoms with Crippen LogP contribution in [0.4, 0.5) is 5.69 Å². The molecule has 0 radical (unpaired) electrons. The van der Waals surface area contributed by atoms with Crippen molar-refractivity contribution in [1.29, 1.82) is 0 Å². The molecule has 2 rings (SSSR count). The molecule has 0 aromatic heterocycles. The van der Waals surface area contributed by atoms with Gasteiger partial charge in [-0.3, -0.25) is 13.9 Å². The molecule has 1 N–H and O–H groups in total. The van der Waals surface area contributed by atoms with Crippen molar-refractivity contribution in [3.63, 3.8) is 0 Å². The first-order valence-electron chi connectivity index (χ1n) is 12.1. The van der Waals surface area contributed by atoms with E-state index in [1.165, 1.54) is 9.21 Å². The van der Waals surface area contributed by atoms with Crippen molar-refractivity contribution < 1.29 is 18.0 Å². The second kappa shape index (κ2) is 14.2. The molecule has 2 aromatic rings. The first-order valence-corrected chi connectivity index (χ1v) is 15.1. The molecule has 0 saturated heterocycles. The number of benzene rings is 2. The molecule has 0 bridgehead atoms. The zero-order valence-electron chi connectivity index (χ0n) is 21.5. The van der Waals surface area contributed by atoms with E-state index in [1.54, 1.807) is 42.5 Å². The first-order chi connectivity index (χ1) is 17.4. The van der Waals surface area contributed by atoms with Crippen molar-refractivity contribution in [3.8, 4) is 0 Å². The van der Waals surface area contributed by atoms with Crippen LogP contribution in [0.3, 0.4) is 0 Å². The summed E-state index contributed by atoms with van der Waals surface area (Å²) in [6, 6.07) is 10.8. The maximum atomic E-state index is 13.5. The molecule has 204 valence electrons. The standard InChI is InChI=1S/C26H34Cl3N3O4S/c1-5-18(3)30-26(34)24(6-2)31(17-21-22(28)12-8-13-23(21)29)25(33)14-9-15-32(37(4,35)36)20-11-7-10-19(27)16-20/h7-8,10-13,16,18,24H,5-6,9,14-15,17H2,1-4H3,(H,30,34)/t18-,24-/m0/s1. The number of rotatable bonds is 13. The van der Waals surface area contributed by atoms with Crippen LogP contribution in [0.2, 0.25) is 15.1 Å². The van der Waals surface area contributed by atoms with E-state index in [0.29, 0.717) is 32.7 Å². The lowest BCUT2D eigenvalue weighted by Crippen LogP contribution is -2.50. The third kappa shape index (κ3) is 9.06. The number of hydrogen-bond acceptors (Lipinski definition) is 4. The summed E-state index contributed by atoms with van der Waals surface area (Å²) in [5, 5.41) is 4.15. The topological polar surface area (TPSA) is 86.8 Å². The molecule has 11 heteroatoms. The van der Waals surface area contributed by atoms with Crippen LogP contribution in [0.1, 0.15) is 52.0 Å². The lowest BCUT2D eigenvalue weighted by molar-refractivity contribution is -0.141. The smallest absolute Gasteiger partial charge is 0.243 e. The summed E-state index contributed by atoms with van der Waals surface area (Å²) >= 11 is 18.8. The average Bonchev–Trinajstić information content (AvgIpc) is 2.82. The number of halogens is 3. The predicted molar refractivity (Wildman–Crippen MR) is 152 cm³/mol. The van der Waals surface area contributed by atoms with Gasteiger partial charge in [0.25, 0.3) is 0 Å². The van der Waals surface area contributed by atoms with E-state index < -0.39 is 16.1 Å². The van der Waals surface area contributed by atoms with Gasteiger partial charge in [-0.05, 0) is 56.5 Å². The van der Waals surface area contributed by atoms with Gasteiger partial charge >= 0.3 is 0 Å². The molecule has 0 aliphatic rings. The summed E-state index contributed by atoms with van der Waals surface area (Å²) in [5.74, 6) is -0.563. The van der Waals surface area contributed by atoms with Crippen molar-refractivity contribution in [3.05, 3.63) is 63.1 Å². The molecule has 0 fully saturated rings. The molecule has 0 heterocycles. The molecule has 7 nitrogen and oxygen atoms in total. The van der Waals surface area contributed by atoms with Crippen LogP contribution in [0.15, 0.2) is 42.5 Å². The van der Waals surface area contributed by atoms with Crippen LogP contribution in [-0.4, -0.2) is 50.0 Å². The van der Waals surface area contributed by atoms with Gasteiger partial charge in [-0.2, -0.15) is 0 Å². The lowest BCUT2D eigenvalue weighted by Gasteiger charge is -2.32. The Morgan fingerprint density at radius 3 is 2.16 bits per heavy atom. The highest BCUT2D eigenvalue weighted by Gasteiger charge is 2.30. The fourth-order valence-corrected chi connectivity index (χ4v) is 5.51. The third-order valence-electron chi connectivity index (χ3n) is 6.03. The normalized spacial score (nSPS) is 13.1. The van der Waals surface area contributed by atoms with E-state index in [1.807, 2.05) is 20.8 Å². The van der Waals surface area contributed by atoms with Gasteiger partial charge in [0.2, 0.25) is 21.8 Å². The minimum absolute atomic E-state index is 0.0156.